The van der Waals surface area contributed by atoms with Gasteiger partial charge in [0.05, 0.1) is 16.5 Å². The van der Waals surface area contributed by atoms with E-state index in [9.17, 15) is 18.0 Å². The van der Waals surface area contributed by atoms with E-state index in [4.69, 9.17) is 4.74 Å². The Morgan fingerprint density at radius 1 is 1.14 bits per heavy atom. The minimum absolute atomic E-state index is 0.0170. The van der Waals surface area contributed by atoms with Gasteiger partial charge in [0.15, 0.2) is 6.61 Å². The van der Waals surface area contributed by atoms with Crippen LogP contribution in [0.1, 0.15) is 28.9 Å². The molecule has 0 fully saturated rings. The number of rotatable bonds is 9. The lowest BCUT2D eigenvalue weighted by Crippen LogP contribution is -2.33. The number of amides is 1. The standard InChI is InChI=1S/C21H24N2O5S/c1-4-14-22-29(26,27)19-12-10-18(11-13-19)21(25)28-15-20(24)23(3)16(2)17-8-6-5-7-9-17/h4-13,16,22H,1,14-15H2,2-3H3/t16-/m0/s1. The third-order valence-corrected chi connectivity index (χ3v) is 5.84. The number of sulfonamides is 1. The minimum atomic E-state index is -3.67. The third-order valence-electron chi connectivity index (χ3n) is 4.40. The summed E-state index contributed by atoms with van der Waals surface area (Å²) in [4.78, 5) is 26.0. The molecule has 0 heterocycles. The quantitative estimate of drug-likeness (QED) is 0.501. The molecular weight excluding hydrogens is 392 g/mol. The van der Waals surface area contributed by atoms with Gasteiger partial charge in [0.25, 0.3) is 5.91 Å². The number of nitrogens with zero attached hydrogens (tertiary/aromatic N) is 1. The van der Waals surface area contributed by atoms with Crippen molar-refractivity contribution >= 4 is 21.9 Å². The van der Waals surface area contributed by atoms with Crippen LogP contribution in [0.15, 0.2) is 72.1 Å². The normalized spacial score (nSPS) is 12.1. The molecule has 0 bridgehead atoms. The summed E-state index contributed by atoms with van der Waals surface area (Å²) in [7, 11) is -2.03. The summed E-state index contributed by atoms with van der Waals surface area (Å²) in [6.45, 7) is 5.03. The van der Waals surface area contributed by atoms with E-state index < -0.39 is 22.6 Å². The zero-order valence-corrected chi connectivity index (χ0v) is 17.2. The highest BCUT2D eigenvalue weighted by molar-refractivity contribution is 7.89. The average Bonchev–Trinajstić information content (AvgIpc) is 2.75. The van der Waals surface area contributed by atoms with E-state index in [1.54, 1.807) is 7.05 Å². The van der Waals surface area contributed by atoms with Crippen LogP contribution in [0.2, 0.25) is 0 Å². The second kappa shape index (κ2) is 9.99. The van der Waals surface area contributed by atoms with Crippen LogP contribution in [0, 0.1) is 0 Å². The first kappa shape index (κ1) is 22.3. The molecule has 2 aromatic carbocycles. The van der Waals surface area contributed by atoms with Crippen LogP contribution in [-0.4, -0.2) is 45.4 Å². The summed E-state index contributed by atoms with van der Waals surface area (Å²) in [5.41, 5.74) is 1.12. The number of hydrogen-bond donors (Lipinski definition) is 1. The molecule has 2 aromatic rings. The Kier molecular flexibility index (Phi) is 7.69. The summed E-state index contributed by atoms with van der Waals surface area (Å²) < 4.78 is 31.5. The summed E-state index contributed by atoms with van der Waals surface area (Å²) >= 11 is 0. The maximum absolute atomic E-state index is 12.3. The largest absolute Gasteiger partial charge is 0.452 e. The van der Waals surface area contributed by atoms with E-state index >= 15 is 0 Å². The molecule has 154 valence electrons. The molecule has 0 saturated heterocycles. The number of esters is 1. The number of carbonyl (C=O) groups is 2. The summed E-state index contributed by atoms with van der Waals surface area (Å²) in [5.74, 6) is -1.05. The van der Waals surface area contributed by atoms with Gasteiger partial charge in [-0.3, -0.25) is 4.79 Å². The number of likely N-dealkylation sites (N-methyl/N-ethyl adjacent to an activating group) is 1. The van der Waals surface area contributed by atoms with E-state index in [1.165, 1.54) is 35.2 Å². The predicted octanol–water partition coefficient (Wildman–Crippen LogP) is 2.53. The van der Waals surface area contributed by atoms with Crippen molar-refractivity contribution in [1.29, 1.82) is 0 Å². The average molecular weight is 416 g/mol. The number of benzene rings is 2. The van der Waals surface area contributed by atoms with E-state index in [0.29, 0.717) is 0 Å². The smallest absolute Gasteiger partial charge is 0.338 e. The maximum atomic E-state index is 12.3. The zero-order chi connectivity index (χ0) is 21.4. The Morgan fingerprint density at radius 3 is 2.34 bits per heavy atom. The monoisotopic (exact) mass is 416 g/mol. The second-order valence-corrected chi connectivity index (χ2v) is 8.10. The van der Waals surface area contributed by atoms with E-state index in [1.807, 2.05) is 37.3 Å². The number of ether oxygens (including phenoxy) is 1. The van der Waals surface area contributed by atoms with Gasteiger partial charge in [-0.2, -0.15) is 0 Å². The molecule has 0 saturated carbocycles. The van der Waals surface area contributed by atoms with Crippen LogP contribution < -0.4 is 4.72 Å². The van der Waals surface area contributed by atoms with Gasteiger partial charge in [-0.05, 0) is 36.8 Å². The Balaban J connectivity index is 1.95. The molecule has 0 aliphatic carbocycles. The summed E-state index contributed by atoms with van der Waals surface area (Å²) in [5, 5.41) is 0. The molecule has 0 spiro atoms. The number of hydrogen-bond acceptors (Lipinski definition) is 5. The van der Waals surface area contributed by atoms with Crippen molar-refractivity contribution in [3.63, 3.8) is 0 Å². The van der Waals surface area contributed by atoms with Crippen molar-refractivity contribution in [3.8, 4) is 0 Å². The number of carbonyl (C=O) groups excluding carboxylic acids is 2. The molecule has 0 radical (unpaired) electrons. The van der Waals surface area contributed by atoms with Crippen molar-refractivity contribution < 1.29 is 22.7 Å². The molecule has 1 atom stereocenters. The molecular formula is C21H24N2O5S. The first-order valence-electron chi connectivity index (χ1n) is 8.94. The van der Waals surface area contributed by atoms with Crippen molar-refractivity contribution in [1.82, 2.24) is 9.62 Å². The van der Waals surface area contributed by atoms with Gasteiger partial charge >= 0.3 is 5.97 Å². The highest BCUT2D eigenvalue weighted by atomic mass is 32.2. The van der Waals surface area contributed by atoms with Crippen LogP contribution in [0.25, 0.3) is 0 Å². The Morgan fingerprint density at radius 2 is 1.76 bits per heavy atom. The van der Waals surface area contributed by atoms with Crippen molar-refractivity contribution in [2.75, 3.05) is 20.2 Å². The van der Waals surface area contributed by atoms with Gasteiger partial charge in [0, 0.05) is 13.6 Å². The lowest BCUT2D eigenvalue weighted by molar-refractivity contribution is -0.135. The summed E-state index contributed by atoms with van der Waals surface area (Å²) in [6.07, 6.45) is 1.43. The molecule has 2 rings (SSSR count). The topological polar surface area (TPSA) is 92.8 Å². The second-order valence-electron chi connectivity index (χ2n) is 6.33. The molecule has 0 aliphatic rings. The lowest BCUT2D eigenvalue weighted by atomic mass is 10.1. The van der Waals surface area contributed by atoms with E-state index in [2.05, 4.69) is 11.3 Å². The van der Waals surface area contributed by atoms with Gasteiger partial charge in [0.2, 0.25) is 10.0 Å². The zero-order valence-electron chi connectivity index (χ0n) is 16.4. The molecule has 8 heteroatoms. The molecule has 1 N–H and O–H groups in total. The van der Waals surface area contributed by atoms with Gasteiger partial charge in [-0.15, -0.1) is 6.58 Å². The lowest BCUT2D eigenvalue weighted by Gasteiger charge is -2.25. The van der Waals surface area contributed by atoms with Crippen LogP contribution in [0.3, 0.4) is 0 Å². The number of nitrogens with one attached hydrogen (secondary N) is 1. The van der Waals surface area contributed by atoms with Gasteiger partial charge in [-0.1, -0.05) is 36.4 Å². The van der Waals surface area contributed by atoms with E-state index in [0.717, 1.165) is 5.56 Å². The maximum Gasteiger partial charge on any atom is 0.338 e. The van der Waals surface area contributed by atoms with Gasteiger partial charge in [-0.25, -0.2) is 17.9 Å². The molecule has 29 heavy (non-hydrogen) atoms. The summed E-state index contributed by atoms with van der Waals surface area (Å²) in [6, 6.07) is 14.6. The van der Waals surface area contributed by atoms with Crippen LogP contribution in [0.4, 0.5) is 0 Å². The van der Waals surface area contributed by atoms with Crippen molar-refractivity contribution in [3.05, 3.63) is 78.4 Å². The van der Waals surface area contributed by atoms with Crippen LogP contribution in [-0.2, 0) is 19.6 Å². The molecule has 0 aromatic heterocycles. The third kappa shape index (κ3) is 6.00. The molecule has 0 unspecified atom stereocenters. The SMILES string of the molecule is C=CCNS(=O)(=O)c1ccc(C(=O)OCC(=O)N(C)[C@@H](C)c2ccccc2)cc1. The van der Waals surface area contributed by atoms with Gasteiger partial charge in [0.1, 0.15) is 0 Å². The fourth-order valence-electron chi connectivity index (χ4n) is 2.51. The highest BCUT2D eigenvalue weighted by Crippen LogP contribution is 2.18. The van der Waals surface area contributed by atoms with E-state index in [-0.39, 0.29) is 29.0 Å². The molecule has 1 amide bonds. The Hall–Kier alpha value is -2.97. The first-order valence-corrected chi connectivity index (χ1v) is 10.4. The van der Waals surface area contributed by atoms with Gasteiger partial charge < -0.3 is 9.64 Å². The predicted molar refractivity (Wildman–Crippen MR) is 110 cm³/mol. The molecule has 7 nitrogen and oxygen atoms in total. The minimum Gasteiger partial charge on any atom is -0.452 e. The van der Waals surface area contributed by atoms with Crippen molar-refractivity contribution in [2.45, 2.75) is 17.9 Å². The fraction of sp³-hybridized carbons (Fsp3) is 0.238. The fourth-order valence-corrected chi connectivity index (χ4v) is 3.50. The Bertz CT molecular complexity index is 956. The highest BCUT2D eigenvalue weighted by Gasteiger charge is 2.20. The first-order chi connectivity index (χ1) is 13.8. The van der Waals surface area contributed by atoms with Crippen LogP contribution >= 0.6 is 0 Å². The van der Waals surface area contributed by atoms with Crippen molar-refractivity contribution in [2.24, 2.45) is 0 Å². The molecule has 0 aliphatic heterocycles. The van der Waals surface area contributed by atoms with Crippen LogP contribution in [0.5, 0.6) is 0 Å². The Labute approximate surface area is 171 Å².